The number of aromatic nitrogens is 1. The second kappa shape index (κ2) is 10.2. The number of carbonyl (C=O) groups excluding carboxylic acids is 1. The number of anilines is 2. The van der Waals surface area contributed by atoms with Gasteiger partial charge in [0.1, 0.15) is 30.1 Å². The first-order valence-electron chi connectivity index (χ1n) is 11.2. The third-order valence-corrected chi connectivity index (χ3v) is 5.73. The summed E-state index contributed by atoms with van der Waals surface area (Å²) in [4.78, 5) is 30.0. The Hall–Kier alpha value is -4.14. The number of nitrogens with zero attached hydrogens (tertiary/aromatic N) is 4. The van der Waals surface area contributed by atoms with Gasteiger partial charge in [-0.05, 0) is 68.3 Å². The van der Waals surface area contributed by atoms with Crippen molar-refractivity contribution >= 4 is 23.3 Å². The number of ether oxygens (including phenoxy) is 2. The molecule has 1 unspecified atom stereocenters. The van der Waals surface area contributed by atoms with Gasteiger partial charge in [0.2, 0.25) is 0 Å². The summed E-state index contributed by atoms with van der Waals surface area (Å²) >= 11 is 0. The fraction of sp³-hybridized carbons (Fsp3) is 0.280. The maximum atomic E-state index is 11.7. The van der Waals surface area contributed by atoms with Crippen LogP contribution >= 0.6 is 0 Å². The molecule has 176 valence electrons. The SMILES string of the molecule is CCN(c1ccc(Oc2ccc(CC3COC(=O)N3CC)cc2)cc1)c1ccc([N+](=O)[O-])cn1. The van der Waals surface area contributed by atoms with Gasteiger partial charge in [-0.1, -0.05) is 12.1 Å². The molecule has 1 fully saturated rings. The zero-order chi connectivity index (χ0) is 24.1. The Labute approximate surface area is 197 Å². The van der Waals surface area contributed by atoms with Gasteiger partial charge in [0.05, 0.1) is 11.0 Å². The van der Waals surface area contributed by atoms with E-state index in [4.69, 9.17) is 9.47 Å². The Bertz CT molecular complexity index is 1130. The molecule has 1 atom stereocenters. The largest absolute Gasteiger partial charge is 0.457 e. The number of hydrogen-bond acceptors (Lipinski definition) is 7. The minimum absolute atomic E-state index is 0.0395. The van der Waals surface area contributed by atoms with Gasteiger partial charge in [-0.2, -0.15) is 0 Å². The third kappa shape index (κ3) is 5.09. The Morgan fingerprint density at radius 3 is 2.32 bits per heavy atom. The van der Waals surface area contributed by atoms with Crippen LogP contribution in [0.4, 0.5) is 22.0 Å². The van der Waals surface area contributed by atoms with Crippen LogP contribution in [0.25, 0.3) is 0 Å². The molecule has 2 heterocycles. The molecule has 0 radical (unpaired) electrons. The van der Waals surface area contributed by atoms with Crippen molar-refractivity contribution in [3.63, 3.8) is 0 Å². The molecule has 34 heavy (non-hydrogen) atoms. The van der Waals surface area contributed by atoms with Gasteiger partial charge >= 0.3 is 6.09 Å². The van der Waals surface area contributed by atoms with Gasteiger partial charge in [-0.3, -0.25) is 10.1 Å². The van der Waals surface area contributed by atoms with Crippen LogP contribution in [0.3, 0.4) is 0 Å². The fourth-order valence-electron chi connectivity index (χ4n) is 3.96. The Balaban J connectivity index is 1.39. The number of rotatable bonds is 9. The molecular formula is C25H26N4O5. The molecule has 4 rings (SSSR count). The van der Waals surface area contributed by atoms with Crippen LogP contribution in [0, 0.1) is 10.1 Å². The summed E-state index contributed by atoms with van der Waals surface area (Å²) in [6.45, 7) is 5.64. The van der Waals surface area contributed by atoms with Gasteiger partial charge < -0.3 is 19.3 Å². The summed E-state index contributed by atoms with van der Waals surface area (Å²) in [5.74, 6) is 2.04. The Morgan fingerprint density at radius 2 is 1.76 bits per heavy atom. The molecule has 9 nitrogen and oxygen atoms in total. The molecule has 9 heteroatoms. The maximum absolute atomic E-state index is 11.7. The van der Waals surface area contributed by atoms with E-state index in [0.717, 1.165) is 17.7 Å². The van der Waals surface area contributed by atoms with Gasteiger partial charge in [-0.25, -0.2) is 9.78 Å². The average Bonchev–Trinajstić information content (AvgIpc) is 3.21. The van der Waals surface area contributed by atoms with E-state index in [1.54, 1.807) is 11.0 Å². The van der Waals surface area contributed by atoms with Crippen molar-refractivity contribution in [2.75, 3.05) is 24.6 Å². The van der Waals surface area contributed by atoms with Crippen LogP contribution in [-0.2, 0) is 11.2 Å². The summed E-state index contributed by atoms with van der Waals surface area (Å²) in [5, 5.41) is 10.9. The molecular weight excluding hydrogens is 436 g/mol. The second-order valence-corrected chi connectivity index (χ2v) is 7.84. The summed E-state index contributed by atoms with van der Waals surface area (Å²) in [7, 11) is 0. The zero-order valence-electron chi connectivity index (χ0n) is 19.1. The summed E-state index contributed by atoms with van der Waals surface area (Å²) in [6.07, 6.45) is 1.75. The molecule has 1 aliphatic rings. The van der Waals surface area contributed by atoms with Crippen LogP contribution in [0.15, 0.2) is 66.9 Å². The van der Waals surface area contributed by atoms with Crippen molar-refractivity contribution in [2.24, 2.45) is 0 Å². The standard InChI is InChI=1S/C25H26N4O5/c1-3-27(24-14-9-20(16-26-24)29(31)32)19-7-12-23(13-8-19)34-22-10-5-18(6-11-22)15-21-17-33-25(30)28(21)4-2/h5-14,16,21H,3-4,15,17H2,1-2H3. The number of carbonyl (C=O) groups is 1. The third-order valence-electron chi connectivity index (χ3n) is 5.73. The molecule has 0 N–H and O–H groups in total. The molecule has 0 bridgehead atoms. The number of benzene rings is 2. The number of hydrogen-bond donors (Lipinski definition) is 0. The number of cyclic esters (lactones) is 1. The minimum atomic E-state index is -0.463. The molecule has 1 saturated heterocycles. The monoisotopic (exact) mass is 462 g/mol. The van der Waals surface area contributed by atoms with Crippen molar-refractivity contribution < 1.29 is 19.2 Å². The van der Waals surface area contributed by atoms with Crippen molar-refractivity contribution in [1.29, 1.82) is 0 Å². The highest BCUT2D eigenvalue weighted by Gasteiger charge is 2.31. The highest BCUT2D eigenvalue weighted by atomic mass is 16.6. The highest BCUT2D eigenvalue weighted by molar-refractivity contribution is 5.70. The number of pyridine rings is 1. The van der Waals surface area contributed by atoms with Crippen molar-refractivity contribution in [1.82, 2.24) is 9.88 Å². The van der Waals surface area contributed by atoms with Gasteiger partial charge in [0, 0.05) is 24.8 Å². The first-order valence-corrected chi connectivity index (χ1v) is 11.2. The Morgan fingerprint density at radius 1 is 1.09 bits per heavy atom. The quantitative estimate of drug-likeness (QED) is 0.313. The number of likely N-dealkylation sites (N-methyl/N-ethyl adjacent to an activating group) is 1. The van der Waals surface area contributed by atoms with E-state index in [2.05, 4.69) is 4.98 Å². The normalized spacial score (nSPS) is 15.2. The van der Waals surface area contributed by atoms with E-state index >= 15 is 0 Å². The molecule has 0 spiro atoms. The van der Waals surface area contributed by atoms with Crippen molar-refractivity contribution in [2.45, 2.75) is 26.3 Å². The topological polar surface area (TPSA) is 98.0 Å². The lowest BCUT2D eigenvalue weighted by molar-refractivity contribution is -0.385. The highest BCUT2D eigenvalue weighted by Crippen LogP contribution is 2.29. The van der Waals surface area contributed by atoms with Gasteiger partial charge in [0.15, 0.2) is 0 Å². The molecule has 1 amide bonds. The molecule has 0 saturated carbocycles. The maximum Gasteiger partial charge on any atom is 0.410 e. The molecule has 1 aliphatic heterocycles. The first kappa shape index (κ1) is 23.0. The molecule has 2 aromatic carbocycles. The van der Waals surface area contributed by atoms with Gasteiger partial charge in [-0.15, -0.1) is 0 Å². The smallest absolute Gasteiger partial charge is 0.410 e. The molecule has 3 aromatic rings. The lowest BCUT2D eigenvalue weighted by atomic mass is 10.1. The van der Waals surface area contributed by atoms with E-state index in [-0.39, 0.29) is 17.8 Å². The summed E-state index contributed by atoms with van der Waals surface area (Å²) in [6, 6.07) is 18.6. The van der Waals surface area contributed by atoms with Crippen LogP contribution in [0.2, 0.25) is 0 Å². The van der Waals surface area contributed by atoms with Crippen LogP contribution < -0.4 is 9.64 Å². The summed E-state index contributed by atoms with van der Waals surface area (Å²) < 4.78 is 11.1. The van der Waals surface area contributed by atoms with E-state index in [1.165, 1.54) is 12.3 Å². The second-order valence-electron chi connectivity index (χ2n) is 7.84. The predicted molar refractivity (Wildman–Crippen MR) is 128 cm³/mol. The lowest BCUT2D eigenvalue weighted by Gasteiger charge is -2.22. The molecule has 1 aromatic heterocycles. The summed E-state index contributed by atoms with van der Waals surface area (Å²) in [5.41, 5.74) is 1.97. The van der Waals surface area contributed by atoms with Crippen molar-refractivity contribution in [3.8, 4) is 11.5 Å². The van der Waals surface area contributed by atoms with E-state index in [1.807, 2.05) is 67.3 Å². The predicted octanol–water partition coefficient (Wildman–Crippen LogP) is 5.32. The average molecular weight is 463 g/mol. The Kier molecular flexibility index (Phi) is 6.91. The minimum Gasteiger partial charge on any atom is -0.457 e. The lowest BCUT2D eigenvalue weighted by Crippen LogP contribution is -2.34. The van der Waals surface area contributed by atoms with E-state index in [9.17, 15) is 14.9 Å². The van der Waals surface area contributed by atoms with Crippen LogP contribution in [0.5, 0.6) is 11.5 Å². The fourth-order valence-corrected chi connectivity index (χ4v) is 3.96. The van der Waals surface area contributed by atoms with E-state index in [0.29, 0.717) is 37.0 Å². The van der Waals surface area contributed by atoms with Gasteiger partial charge in [0.25, 0.3) is 5.69 Å². The number of amides is 1. The zero-order valence-corrected chi connectivity index (χ0v) is 19.1. The first-order chi connectivity index (χ1) is 16.5. The van der Waals surface area contributed by atoms with E-state index < -0.39 is 4.92 Å². The van der Waals surface area contributed by atoms with Crippen LogP contribution in [-0.4, -0.2) is 46.6 Å². The van der Waals surface area contributed by atoms with Crippen molar-refractivity contribution in [3.05, 3.63) is 82.5 Å². The van der Waals surface area contributed by atoms with Crippen LogP contribution in [0.1, 0.15) is 19.4 Å². The molecule has 0 aliphatic carbocycles. The number of nitro groups is 1.